The van der Waals surface area contributed by atoms with E-state index in [9.17, 15) is 4.79 Å². The number of esters is 1. The van der Waals surface area contributed by atoms with Gasteiger partial charge in [-0.25, -0.2) is 0 Å². The van der Waals surface area contributed by atoms with Gasteiger partial charge in [-0.2, -0.15) is 0 Å². The van der Waals surface area contributed by atoms with Crippen LogP contribution in [-0.2, 0) is 9.53 Å². The summed E-state index contributed by atoms with van der Waals surface area (Å²) in [6.07, 6.45) is 3.62. The minimum atomic E-state index is -0.492. The normalized spacial score (nSPS) is 11.9. The van der Waals surface area contributed by atoms with Crippen LogP contribution in [0.4, 0.5) is 0 Å². The first-order chi connectivity index (χ1) is 8.02. The fourth-order valence-electron chi connectivity index (χ4n) is 2.15. The second kappa shape index (κ2) is 8.48. The third kappa shape index (κ3) is 5.50. The van der Waals surface area contributed by atoms with Gasteiger partial charge >= 0.3 is 5.97 Å². The van der Waals surface area contributed by atoms with Crippen molar-refractivity contribution in [3.63, 3.8) is 0 Å². The van der Waals surface area contributed by atoms with E-state index in [1.54, 1.807) is 0 Å². The molecule has 0 heterocycles. The molecule has 0 amide bonds. The Balaban J connectivity index is 4.59. The Labute approximate surface area is 106 Å². The summed E-state index contributed by atoms with van der Waals surface area (Å²) in [5.74, 6) is -0.125. The zero-order valence-electron chi connectivity index (χ0n) is 12.0. The van der Waals surface area contributed by atoms with Crippen molar-refractivity contribution in [1.82, 2.24) is 10.2 Å². The number of hydrogen-bond donors (Lipinski definition) is 1. The third-order valence-electron chi connectivity index (χ3n) is 2.95. The molecule has 0 atom stereocenters. The summed E-state index contributed by atoms with van der Waals surface area (Å²) in [4.78, 5) is 14.1. The number of rotatable bonds is 9. The Kier molecular flexibility index (Phi) is 8.17. The van der Waals surface area contributed by atoms with Crippen molar-refractivity contribution < 1.29 is 9.53 Å². The quantitative estimate of drug-likeness (QED) is 0.626. The molecule has 0 aliphatic carbocycles. The van der Waals surface area contributed by atoms with E-state index in [4.69, 9.17) is 4.74 Å². The first-order valence-electron chi connectivity index (χ1n) is 6.50. The molecule has 0 aliphatic rings. The summed E-state index contributed by atoms with van der Waals surface area (Å²) in [5, 5.41) is 3.40. The Bertz CT molecular complexity index is 211. The third-order valence-corrected chi connectivity index (χ3v) is 2.95. The van der Waals surface area contributed by atoms with Gasteiger partial charge in [0.2, 0.25) is 0 Å². The summed E-state index contributed by atoms with van der Waals surface area (Å²) >= 11 is 0. The molecule has 0 aromatic heterocycles. The first kappa shape index (κ1) is 16.4. The minimum absolute atomic E-state index is 0.125. The smallest absolute Gasteiger partial charge is 0.326 e. The molecule has 4 nitrogen and oxygen atoms in total. The van der Waals surface area contributed by atoms with Gasteiger partial charge in [-0.3, -0.25) is 4.79 Å². The summed E-state index contributed by atoms with van der Waals surface area (Å²) in [6.45, 7) is 5.93. The van der Waals surface area contributed by atoms with Crippen LogP contribution in [0.5, 0.6) is 0 Å². The molecule has 4 heteroatoms. The van der Waals surface area contributed by atoms with Crippen molar-refractivity contribution in [2.45, 2.75) is 45.1 Å². The maximum Gasteiger partial charge on any atom is 0.326 e. The largest absolute Gasteiger partial charge is 0.468 e. The summed E-state index contributed by atoms with van der Waals surface area (Å²) in [5.41, 5.74) is -0.492. The van der Waals surface area contributed by atoms with Crippen LogP contribution in [0.15, 0.2) is 0 Å². The SMILES string of the molecule is CCCC(CCC)(NCCN(C)C)C(=O)OC. The molecule has 0 aliphatic heterocycles. The summed E-state index contributed by atoms with van der Waals surface area (Å²) in [7, 11) is 5.53. The second-order valence-electron chi connectivity index (χ2n) is 4.80. The Morgan fingerprint density at radius 1 is 1.24 bits per heavy atom. The molecule has 0 unspecified atom stereocenters. The van der Waals surface area contributed by atoms with E-state index in [1.165, 1.54) is 7.11 Å². The summed E-state index contributed by atoms with van der Waals surface area (Å²) < 4.78 is 4.96. The lowest BCUT2D eigenvalue weighted by molar-refractivity contribution is -0.149. The fraction of sp³-hybridized carbons (Fsp3) is 0.923. The van der Waals surface area contributed by atoms with E-state index in [0.717, 1.165) is 38.8 Å². The maximum atomic E-state index is 12.0. The van der Waals surface area contributed by atoms with Crippen molar-refractivity contribution in [2.24, 2.45) is 0 Å². The maximum absolute atomic E-state index is 12.0. The fourth-order valence-corrected chi connectivity index (χ4v) is 2.15. The number of carbonyl (C=O) groups excluding carboxylic acids is 1. The van der Waals surface area contributed by atoms with Crippen LogP contribution in [0.3, 0.4) is 0 Å². The molecule has 0 radical (unpaired) electrons. The lowest BCUT2D eigenvalue weighted by atomic mass is 9.88. The molecule has 0 aromatic carbocycles. The Morgan fingerprint density at radius 2 is 1.76 bits per heavy atom. The molecule has 0 saturated heterocycles. The Hall–Kier alpha value is -0.610. The van der Waals surface area contributed by atoms with Crippen molar-refractivity contribution in [1.29, 1.82) is 0 Å². The van der Waals surface area contributed by atoms with Gasteiger partial charge in [0.1, 0.15) is 5.54 Å². The van der Waals surface area contributed by atoms with Gasteiger partial charge in [0.05, 0.1) is 7.11 Å². The topological polar surface area (TPSA) is 41.6 Å². The number of nitrogens with zero attached hydrogens (tertiary/aromatic N) is 1. The first-order valence-corrected chi connectivity index (χ1v) is 6.50. The molecule has 0 spiro atoms. The molecule has 0 fully saturated rings. The predicted octanol–water partition coefficient (Wildman–Crippen LogP) is 1.65. The van der Waals surface area contributed by atoms with E-state index in [2.05, 4.69) is 24.1 Å². The van der Waals surface area contributed by atoms with Gasteiger partial charge in [0, 0.05) is 13.1 Å². The number of likely N-dealkylation sites (N-methyl/N-ethyl adjacent to an activating group) is 1. The number of hydrogen-bond acceptors (Lipinski definition) is 4. The molecular weight excluding hydrogens is 216 g/mol. The van der Waals surface area contributed by atoms with Crippen LogP contribution < -0.4 is 5.32 Å². The molecule has 1 N–H and O–H groups in total. The van der Waals surface area contributed by atoms with E-state index in [-0.39, 0.29) is 5.97 Å². The lowest BCUT2D eigenvalue weighted by Crippen LogP contribution is -2.54. The van der Waals surface area contributed by atoms with Gasteiger partial charge in [0.15, 0.2) is 0 Å². The molecule has 0 aromatic rings. The van der Waals surface area contributed by atoms with Gasteiger partial charge in [-0.1, -0.05) is 26.7 Å². The Morgan fingerprint density at radius 3 is 2.12 bits per heavy atom. The van der Waals surface area contributed by atoms with E-state index in [1.807, 2.05) is 14.1 Å². The zero-order valence-corrected chi connectivity index (χ0v) is 12.0. The van der Waals surface area contributed by atoms with E-state index in [0.29, 0.717) is 0 Å². The second-order valence-corrected chi connectivity index (χ2v) is 4.80. The molecular formula is C13H28N2O2. The van der Waals surface area contributed by atoms with E-state index < -0.39 is 5.54 Å². The summed E-state index contributed by atoms with van der Waals surface area (Å²) in [6, 6.07) is 0. The average molecular weight is 244 g/mol. The number of ether oxygens (including phenoxy) is 1. The van der Waals surface area contributed by atoms with E-state index >= 15 is 0 Å². The van der Waals surface area contributed by atoms with Gasteiger partial charge < -0.3 is 15.0 Å². The number of methoxy groups -OCH3 is 1. The van der Waals surface area contributed by atoms with Crippen LogP contribution in [0.2, 0.25) is 0 Å². The highest BCUT2D eigenvalue weighted by Crippen LogP contribution is 2.21. The number of carbonyl (C=O) groups is 1. The van der Waals surface area contributed by atoms with Crippen molar-refractivity contribution in [3.05, 3.63) is 0 Å². The lowest BCUT2D eigenvalue weighted by Gasteiger charge is -2.32. The average Bonchev–Trinajstić information content (AvgIpc) is 2.27. The standard InChI is InChI=1S/C13H28N2O2/c1-6-8-13(9-7-2,12(16)17-5)14-10-11-15(3)4/h14H,6-11H2,1-5H3. The zero-order chi connectivity index (χ0) is 13.3. The van der Waals surface area contributed by atoms with Crippen molar-refractivity contribution in [3.8, 4) is 0 Å². The molecule has 17 heavy (non-hydrogen) atoms. The predicted molar refractivity (Wildman–Crippen MR) is 71.1 cm³/mol. The molecule has 0 rings (SSSR count). The van der Waals surface area contributed by atoms with Gasteiger partial charge in [0.25, 0.3) is 0 Å². The van der Waals surface area contributed by atoms with Crippen LogP contribution >= 0.6 is 0 Å². The highest BCUT2D eigenvalue weighted by atomic mass is 16.5. The molecule has 0 saturated carbocycles. The van der Waals surface area contributed by atoms with Gasteiger partial charge in [-0.05, 0) is 26.9 Å². The molecule has 0 bridgehead atoms. The van der Waals surface area contributed by atoms with Crippen molar-refractivity contribution >= 4 is 5.97 Å². The highest BCUT2D eigenvalue weighted by molar-refractivity contribution is 5.80. The van der Waals surface area contributed by atoms with Gasteiger partial charge in [-0.15, -0.1) is 0 Å². The minimum Gasteiger partial charge on any atom is -0.468 e. The molecule has 102 valence electrons. The van der Waals surface area contributed by atoms with Crippen LogP contribution in [0, 0.1) is 0 Å². The monoisotopic (exact) mass is 244 g/mol. The van der Waals surface area contributed by atoms with Crippen LogP contribution in [0.1, 0.15) is 39.5 Å². The van der Waals surface area contributed by atoms with Crippen LogP contribution in [0.25, 0.3) is 0 Å². The van der Waals surface area contributed by atoms with Crippen molar-refractivity contribution in [2.75, 3.05) is 34.3 Å². The highest BCUT2D eigenvalue weighted by Gasteiger charge is 2.37. The van der Waals surface area contributed by atoms with Crippen LogP contribution in [-0.4, -0.2) is 50.7 Å². The number of nitrogens with one attached hydrogen (secondary N) is 1.